The van der Waals surface area contributed by atoms with Crippen molar-refractivity contribution in [1.82, 2.24) is 0 Å². The van der Waals surface area contributed by atoms with E-state index in [1.54, 1.807) is 6.07 Å². The van der Waals surface area contributed by atoms with Crippen LogP contribution >= 0.6 is 0 Å². The lowest BCUT2D eigenvalue weighted by atomic mass is 9.96. The van der Waals surface area contributed by atoms with Gasteiger partial charge in [0, 0.05) is 23.8 Å². The molecule has 1 aliphatic rings. The number of benzene rings is 1. The van der Waals surface area contributed by atoms with Crippen LogP contribution in [0.5, 0.6) is 17.2 Å². The Balaban J connectivity index is 2.49. The average Bonchev–Trinajstić information content (AvgIpc) is 2.89. The first-order chi connectivity index (χ1) is 13.2. The monoisotopic (exact) mass is 404 g/mol. The van der Waals surface area contributed by atoms with E-state index >= 15 is 0 Å². The van der Waals surface area contributed by atoms with Crippen LogP contribution in [0.3, 0.4) is 0 Å². The van der Waals surface area contributed by atoms with E-state index in [9.17, 15) is 18.0 Å². The van der Waals surface area contributed by atoms with Gasteiger partial charge in [-0.2, -0.15) is 0 Å². The van der Waals surface area contributed by atoms with Crippen molar-refractivity contribution in [2.45, 2.75) is 17.7 Å². The van der Waals surface area contributed by atoms with Gasteiger partial charge in [0.15, 0.2) is 32.5 Å². The summed E-state index contributed by atoms with van der Waals surface area (Å²) < 4.78 is 40.3. The standard InChI is InChI=1S/C20H20O7S/c1-25-16-9-11-5-7-14(21)13-10-15(22)17(28(4,23)24)8-6-12(13)18(11)20(27-3)19(16)26-2/h6,8-10H,5,7H2,1-4H3. The SMILES string of the molecule is COc1cc2c(c(OC)c1OC)-c1ccc(S(C)(=O)=O)c(=O)cc1C(=O)CC2. The van der Waals surface area contributed by atoms with Gasteiger partial charge in [0.05, 0.1) is 21.3 Å². The molecule has 0 fully saturated rings. The molecular weight excluding hydrogens is 384 g/mol. The van der Waals surface area contributed by atoms with Crippen molar-refractivity contribution < 1.29 is 27.4 Å². The maximum Gasteiger partial charge on any atom is 0.203 e. The number of hydrogen-bond donors (Lipinski definition) is 0. The number of aryl methyl sites for hydroxylation is 1. The molecule has 0 unspecified atom stereocenters. The molecule has 0 saturated carbocycles. The van der Waals surface area contributed by atoms with Gasteiger partial charge >= 0.3 is 0 Å². The molecule has 0 N–H and O–H groups in total. The number of Topliss-reactive ketones (excluding diaryl/α,β-unsaturated/α-hetero) is 1. The Morgan fingerprint density at radius 1 is 0.857 bits per heavy atom. The van der Waals surface area contributed by atoms with Gasteiger partial charge in [-0.25, -0.2) is 8.42 Å². The molecule has 0 saturated heterocycles. The van der Waals surface area contributed by atoms with Crippen LogP contribution in [0.4, 0.5) is 0 Å². The summed E-state index contributed by atoms with van der Waals surface area (Å²) in [6.45, 7) is 0. The second kappa shape index (κ2) is 7.27. The van der Waals surface area contributed by atoms with Crippen LogP contribution in [0.1, 0.15) is 22.3 Å². The highest BCUT2D eigenvalue weighted by molar-refractivity contribution is 7.90. The van der Waals surface area contributed by atoms with Gasteiger partial charge in [0.2, 0.25) is 5.75 Å². The smallest absolute Gasteiger partial charge is 0.203 e. The Bertz CT molecular complexity index is 1130. The van der Waals surface area contributed by atoms with Crippen LogP contribution in [0.25, 0.3) is 11.1 Å². The third kappa shape index (κ3) is 3.24. The minimum atomic E-state index is -3.75. The number of ketones is 1. The van der Waals surface area contributed by atoms with E-state index in [1.165, 1.54) is 33.5 Å². The summed E-state index contributed by atoms with van der Waals surface area (Å²) in [5.41, 5.74) is 1.21. The zero-order chi connectivity index (χ0) is 20.6. The molecule has 3 rings (SSSR count). The maximum absolute atomic E-state index is 12.7. The molecule has 7 nitrogen and oxygen atoms in total. The van der Waals surface area contributed by atoms with E-state index < -0.39 is 15.3 Å². The third-order valence-electron chi connectivity index (χ3n) is 4.71. The highest BCUT2D eigenvalue weighted by Crippen LogP contribution is 2.48. The normalized spacial score (nSPS) is 13.2. The van der Waals surface area contributed by atoms with Gasteiger partial charge in [-0.3, -0.25) is 9.59 Å². The lowest BCUT2D eigenvalue weighted by Gasteiger charge is -2.19. The second-order valence-electron chi connectivity index (χ2n) is 6.41. The van der Waals surface area contributed by atoms with Crippen molar-refractivity contribution >= 4 is 15.6 Å². The van der Waals surface area contributed by atoms with Gasteiger partial charge in [-0.05, 0) is 35.7 Å². The number of ether oxygens (including phenoxy) is 3. The number of carbonyl (C=O) groups excluding carboxylic acids is 1. The minimum absolute atomic E-state index is 0.157. The largest absolute Gasteiger partial charge is 0.493 e. The predicted octanol–water partition coefficient (Wildman–Crippen LogP) is 2.27. The van der Waals surface area contributed by atoms with Crippen molar-refractivity contribution in [2.75, 3.05) is 27.6 Å². The first kappa shape index (κ1) is 19.9. The minimum Gasteiger partial charge on any atom is -0.493 e. The van der Waals surface area contributed by atoms with Crippen LogP contribution in [0.2, 0.25) is 0 Å². The van der Waals surface area contributed by atoms with Crippen molar-refractivity contribution in [3.63, 3.8) is 0 Å². The van der Waals surface area contributed by atoms with Crippen molar-refractivity contribution in [2.24, 2.45) is 0 Å². The topological polar surface area (TPSA) is 96.0 Å². The van der Waals surface area contributed by atoms with Crippen molar-refractivity contribution in [3.8, 4) is 28.4 Å². The number of fused-ring (bicyclic) bond motifs is 3. The summed E-state index contributed by atoms with van der Waals surface area (Å²) in [5, 5.41) is 0. The molecule has 28 heavy (non-hydrogen) atoms. The molecular formula is C20H20O7S. The Kier molecular flexibility index (Phi) is 5.16. The molecule has 2 aromatic rings. The molecule has 0 spiro atoms. The number of sulfone groups is 1. The molecule has 0 heterocycles. The molecule has 0 aromatic heterocycles. The van der Waals surface area contributed by atoms with E-state index in [2.05, 4.69) is 0 Å². The van der Waals surface area contributed by atoms with Gasteiger partial charge in [-0.15, -0.1) is 0 Å². The summed E-state index contributed by atoms with van der Waals surface area (Å²) in [5.74, 6) is 0.906. The zero-order valence-electron chi connectivity index (χ0n) is 16.0. The molecule has 0 bridgehead atoms. The van der Waals surface area contributed by atoms with Gasteiger partial charge in [0.1, 0.15) is 4.90 Å². The molecule has 0 atom stereocenters. The van der Waals surface area contributed by atoms with E-state index in [-0.39, 0.29) is 22.7 Å². The summed E-state index contributed by atoms with van der Waals surface area (Å²) in [6, 6.07) is 5.57. The third-order valence-corrected chi connectivity index (χ3v) is 5.85. The molecule has 1 aliphatic carbocycles. The first-order valence-corrected chi connectivity index (χ1v) is 10.4. The number of hydrogen-bond acceptors (Lipinski definition) is 7. The Labute approximate surface area is 162 Å². The van der Waals surface area contributed by atoms with Gasteiger partial charge in [0.25, 0.3) is 0 Å². The fourth-order valence-corrected chi connectivity index (χ4v) is 4.19. The highest BCUT2D eigenvalue weighted by Gasteiger charge is 2.28. The maximum atomic E-state index is 12.7. The Hall–Kier alpha value is -2.87. The van der Waals surface area contributed by atoms with E-state index in [1.807, 2.05) is 0 Å². The van der Waals surface area contributed by atoms with Crippen LogP contribution < -0.4 is 19.6 Å². The molecule has 0 radical (unpaired) electrons. The summed E-state index contributed by atoms with van der Waals surface area (Å²) in [4.78, 5) is 24.9. The van der Waals surface area contributed by atoms with Crippen molar-refractivity contribution in [1.29, 1.82) is 0 Å². The van der Waals surface area contributed by atoms with E-state index in [4.69, 9.17) is 14.2 Å². The summed E-state index contributed by atoms with van der Waals surface area (Å²) >= 11 is 0. The second-order valence-corrected chi connectivity index (χ2v) is 8.39. The van der Waals surface area contributed by atoms with E-state index in [0.717, 1.165) is 17.9 Å². The van der Waals surface area contributed by atoms with Crippen LogP contribution in [-0.2, 0) is 16.3 Å². The molecule has 0 amide bonds. The lowest BCUT2D eigenvalue weighted by molar-refractivity contribution is 0.0984. The van der Waals surface area contributed by atoms with Crippen LogP contribution in [-0.4, -0.2) is 41.8 Å². The number of rotatable bonds is 4. The van der Waals surface area contributed by atoms with Gasteiger partial charge in [-0.1, -0.05) is 6.07 Å². The Morgan fingerprint density at radius 3 is 2.11 bits per heavy atom. The molecule has 0 aliphatic heterocycles. The first-order valence-electron chi connectivity index (χ1n) is 8.46. The molecule has 148 valence electrons. The fourth-order valence-electron chi connectivity index (χ4n) is 3.45. The average molecular weight is 404 g/mol. The molecule has 2 aromatic carbocycles. The van der Waals surface area contributed by atoms with Crippen LogP contribution in [0, 0.1) is 0 Å². The zero-order valence-corrected chi connectivity index (χ0v) is 16.8. The van der Waals surface area contributed by atoms with Crippen LogP contribution in [0.15, 0.2) is 34.0 Å². The van der Waals surface area contributed by atoms with E-state index in [0.29, 0.717) is 34.8 Å². The lowest BCUT2D eigenvalue weighted by Crippen LogP contribution is -2.11. The quantitative estimate of drug-likeness (QED) is 0.771. The fraction of sp³-hybridized carbons (Fsp3) is 0.300. The predicted molar refractivity (Wildman–Crippen MR) is 104 cm³/mol. The Morgan fingerprint density at radius 2 is 1.54 bits per heavy atom. The summed E-state index contributed by atoms with van der Waals surface area (Å²) in [7, 11) is 0.689. The van der Waals surface area contributed by atoms with Crippen molar-refractivity contribution in [3.05, 3.63) is 45.6 Å². The highest BCUT2D eigenvalue weighted by atomic mass is 32.2. The summed E-state index contributed by atoms with van der Waals surface area (Å²) in [6.07, 6.45) is 1.53. The molecule has 8 heteroatoms. The number of carbonyl (C=O) groups is 1. The number of methoxy groups -OCH3 is 3. The van der Waals surface area contributed by atoms with Gasteiger partial charge < -0.3 is 14.2 Å².